The fraction of sp³-hybridized carbons (Fsp3) is 0.526. The van der Waals surface area contributed by atoms with Crippen LogP contribution >= 0.6 is 11.3 Å². The number of ether oxygens (including phenoxy) is 1. The Kier molecular flexibility index (Phi) is 4.92. The van der Waals surface area contributed by atoms with Crippen LogP contribution in [0.3, 0.4) is 0 Å². The molecule has 1 aliphatic heterocycles. The fourth-order valence-corrected chi connectivity index (χ4v) is 3.93. The molecule has 24 heavy (non-hydrogen) atoms. The second-order valence-electron chi connectivity index (χ2n) is 7.16. The molecule has 1 aromatic carbocycles. The third-order valence-electron chi connectivity index (χ3n) is 4.23. The quantitative estimate of drug-likeness (QED) is 0.807. The van der Waals surface area contributed by atoms with Gasteiger partial charge in [-0.1, -0.05) is 33.8 Å². The number of rotatable bonds is 3. The lowest BCUT2D eigenvalue weighted by molar-refractivity contribution is 0.122. The molecule has 130 valence electrons. The van der Waals surface area contributed by atoms with Gasteiger partial charge in [-0.3, -0.25) is 0 Å². The third-order valence-corrected chi connectivity index (χ3v) is 5.86. The summed E-state index contributed by atoms with van der Waals surface area (Å²) >= 11 is 1.74. The van der Waals surface area contributed by atoms with Crippen LogP contribution in [0, 0.1) is 5.82 Å². The van der Waals surface area contributed by atoms with Gasteiger partial charge in [-0.25, -0.2) is 9.37 Å². The van der Waals surface area contributed by atoms with Gasteiger partial charge in [0.2, 0.25) is 0 Å². The van der Waals surface area contributed by atoms with Crippen LogP contribution in [0.1, 0.15) is 37.6 Å². The molecule has 3 rings (SSSR count). The number of benzene rings is 1. The summed E-state index contributed by atoms with van der Waals surface area (Å²) in [5, 5.41) is 1.10. The van der Waals surface area contributed by atoms with Crippen molar-refractivity contribution in [2.24, 2.45) is 0 Å². The molecular weight excluding hydrogens is 323 g/mol. The number of halogens is 1. The summed E-state index contributed by atoms with van der Waals surface area (Å²) in [5.41, 5.74) is 2.47. The molecule has 2 heterocycles. The van der Waals surface area contributed by atoms with Crippen molar-refractivity contribution in [1.82, 2.24) is 4.98 Å². The Morgan fingerprint density at radius 3 is 2.54 bits per heavy atom. The van der Waals surface area contributed by atoms with Crippen molar-refractivity contribution in [3.05, 3.63) is 33.9 Å². The number of morpholine rings is 1. The van der Waals surface area contributed by atoms with E-state index in [4.69, 9.17) is 9.72 Å². The van der Waals surface area contributed by atoms with Gasteiger partial charge in [-0.2, -0.15) is 0 Å². The van der Waals surface area contributed by atoms with Crippen LogP contribution in [0.2, 0.25) is 0 Å². The molecule has 0 saturated carbocycles. The molecule has 0 spiro atoms. The lowest BCUT2D eigenvalue weighted by Crippen LogP contribution is -2.36. The standard InChI is InChI=1S/C19H25FN2OS/c1-5-16-17(21-18(24-16)19(2,3)4)13-6-7-15(14(20)12-13)22-8-10-23-11-9-22/h6-7,12H,5,8-11H2,1-4H3. The molecule has 0 amide bonds. The highest BCUT2D eigenvalue weighted by molar-refractivity contribution is 7.12. The smallest absolute Gasteiger partial charge is 0.147 e. The zero-order valence-electron chi connectivity index (χ0n) is 14.9. The van der Waals surface area contributed by atoms with Crippen LogP contribution in [0.25, 0.3) is 11.3 Å². The summed E-state index contributed by atoms with van der Waals surface area (Å²) in [6.07, 6.45) is 0.913. The molecular formula is C19H25FN2OS. The number of nitrogens with zero attached hydrogens (tertiary/aromatic N) is 2. The van der Waals surface area contributed by atoms with E-state index in [2.05, 4.69) is 27.7 Å². The van der Waals surface area contributed by atoms with E-state index in [0.717, 1.165) is 35.8 Å². The van der Waals surface area contributed by atoms with Crippen LogP contribution in [0.4, 0.5) is 10.1 Å². The average Bonchev–Trinajstić information content (AvgIpc) is 3.00. The van der Waals surface area contributed by atoms with Gasteiger partial charge in [0, 0.05) is 28.9 Å². The molecule has 5 heteroatoms. The predicted octanol–water partition coefficient (Wildman–Crippen LogP) is 4.65. The number of aryl methyl sites for hydroxylation is 1. The lowest BCUT2D eigenvalue weighted by atomic mass is 9.98. The summed E-state index contributed by atoms with van der Waals surface area (Å²) in [7, 11) is 0. The van der Waals surface area contributed by atoms with Gasteiger partial charge in [0.25, 0.3) is 0 Å². The Balaban J connectivity index is 1.95. The summed E-state index contributed by atoms with van der Waals surface area (Å²) < 4.78 is 20.0. The van der Waals surface area contributed by atoms with Gasteiger partial charge in [-0.05, 0) is 18.6 Å². The normalized spacial score (nSPS) is 15.8. The van der Waals surface area contributed by atoms with E-state index in [1.165, 1.54) is 4.88 Å². The van der Waals surface area contributed by atoms with Crippen molar-refractivity contribution in [2.45, 2.75) is 39.5 Å². The van der Waals surface area contributed by atoms with Crippen molar-refractivity contribution in [1.29, 1.82) is 0 Å². The molecule has 2 aromatic rings. The number of anilines is 1. The molecule has 0 atom stereocenters. The molecule has 3 nitrogen and oxygen atoms in total. The van der Waals surface area contributed by atoms with Crippen molar-refractivity contribution in [3.8, 4) is 11.3 Å². The first-order valence-electron chi connectivity index (χ1n) is 8.53. The second-order valence-corrected chi connectivity index (χ2v) is 8.24. The predicted molar refractivity (Wildman–Crippen MR) is 98.6 cm³/mol. The van der Waals surface area contributed by atoms with E-state index in [1.54, 1.807) is 17.4 Å². The van der Waals surface area contributed by atoms with E-state index in [0.29, 0.717) is 18.9 Å². The molecule has 1 saturated heterocycles. The summed E-state index contributed by atoms with van der Waals surface area (Å²) in [5.74, 6) is -0.179. The van der Waals surface area contributed by atoms with Gasteiger partial charge in [0.1, 0.15) is 5.82 Å². The Bertz CT molecular complexity index is 715. The largest absolute Gasteiger partial charge is 0.378 e. The molecule has 0 unspecified atom stereocenters. The van der Waals surface area contributed by atoms with Crippen LogP contribution < -0.4 is 4.90 Å². The number of hydrogen-bond donors (Lipinski definition) is 0. The maximum absolute atomic E-state index is 14.7. The van der Waals surface area contributed by atoms with Gasteiger partial charge >= 0.3 is 0 Å². The Morgan fingerprint density at radius 1 is 1.25 bits per heavy atom. The number of hydrogen-bond acceptors (Lipinski definition) is 4. The van der Waals surface area contributed by atoms with Crippen molar-refractivity contribution >= 4 is 17.0 Å². The van der Waals surface area contributed by atoms with Crippen LogP contribution in [0.15, 0.2) is 18.2 Å². The molecule has 1 fully saturated rings. The van der Waals surface area contributed by atoms with Crippen molar-refractivity contribution in [3.63, 3.8) is 0 Å². The molecule has 0 N–H and O–H groups in total. The van der Waals surface area contributed by atoms with Crippen molar-refractivity contribution in [2.75, 3.05) is 31.2 Å². The Hall–Kier alpha value is -1.46. The number of thiazole rings is 1. The number of aromatic nitrogens is 1. The van der Waals surface area contributed by atoms with Crippen LogP contribution in [-0.4, -0.2) is 31.3 Å². The first-order chi connectivity index (χ1) is 11.4. The first-order valence-corrected chi connectivity index (χ1v) is 9.34. The van der Waals surface area contributed by atoms with E-state index < -0.39 is 0 Å². The van der Waals surface area contributed by atoms with E-state index in [-0.39, 0.29) is 11.2 Å². The SMILES string of the molecule is CCc1sc(C(C)(C)C)nc1-c1ccc(N2CCOCC2)c(F)c1. The minimum atomic E-state index is -0.179. The minimum Gasteiger partial charge on any atom is -0.378 e. The highest BCUT2D eigenvalue weighted by Gasteiger charge is 2.22. The Labute approximate surface area is 147 Å². The second kappa shape index (κ2) is 6.81. The lowest BCUT2D eigenvalue weighted by Gasteiger charge is -2.29. The minimum absolute atomic E-state index is 0.0130. The van der Waals surface area contributed by atoms with Crippen molar-refractivity contribution < 1.29 is 9.13 Å². The topological polar surface area (TPSA) is 25.4 Å². The van der Waals surface area contributed by atoms with Gasteiger partial charge in [0.05, 0.1) is 29.6 Å². The van der Waals surface area contributed by atoms with Crippen LogP contribution in [-0.2, 0) is 16.6 Å². The molecule has 1 aromatic heterocycles. The summed E-state index contributed by atoms with van der Waals surface area (Å²) in [4.78, 5) is 8.09. The molecule has 0 bridgehead atoms. The fourth-order valence-electron chi connectivity index (χ4n) is 2.85. The summed E-state index contributed by atoms with van der Waals surface area (Å²) in [6, 6.07) is 5.51. The third kappa shape index (κ3) is 3.47. The van der Waals surface area contributed by atoms with Gasteiger partial charge in [-0.15, -0.1) is 11.3 Å². The van der Waals surface area contributed by atoms with Gasteiger partial charge in [0.15, 0.2) is 0 Å². The van der Waals surface area contributed by atoms with E-state index in [1.807, 2.05) is 17.0 Å². The monoisotopic (exact) mass is 348 g/mol. The van der Waals surface area contributed by atoms with Crippen LogP contribution in [0.5, 0.6) is 0 Å². The van der Waals surface area contributed by atoms with Gasteiger partial charge < -0.3 is 9.64 Å². The molecule has 0 aliphatic carbocycles. The molecule has 0 radical (unpaired) electrons. The van der Waals surface area contributed by atoms with E-state index in [9.17, 15) is 4.39 Å². The molecule has 1 aliphatic rings. The highest BCUT2D eigenvalue weighted by atomic mass is 32.1. The first kappa shape index (κ1) is 17.4. The average molecular weight is 348 g/mol. The maximum Gasteiger partial charge on any atom is 0.147 e. The van der Waals surface area contributed by atoms with E-state index >= 15 is 0 Å². The summed E-state index contributed by atoms with van der Waals surface area (Å²) in [6.45, 7) is 11.4. The highest BCUT2D eigenvalue weighted by Crippen LogP contribution is 2.36. The Morgan fingerprint density at radius 2 is 1.96 bits per heavy atom. The maximum atomic E-state index is 14.7. The zero-order chi connectivity index (χ0) is 17.3. The zero-order valence-corrected chi connectivity index (χ0v) is 15.7.